The van der Waals surface area contributed by atoms with Gasteiger partial charge in [-0.25, -0.2) is 4.79 Å². The van der Waals surface area contributed by atoms with Crippen molar-refractivity contribution < 1.29 is 14.7 Å². The molecule has 0 aliphatic carbocycles. The lowest BCUT2D eigenvalue weighted by atomic mass is 9.86. The van der Waals surface area contributed by atoms with Crippen molar-refractivity contribution in [1.82, 2.24) is 5.32 Å². The van der Waals surface area contributed by atoms with Crippen LogP contribution in [0.25, 0.3) is 0 Å². The van der Waals surface area contributed by atoms with Crippen molar-refractivity contribution in [1.29, 1.82) is 0 Å². The van der Waals surface area contributed by atoms with Gasteiger partial charge in [-0.05, 0) is 30.0 Å². The van der Waals surface area contributed by atoms with Crippen LogP contribution in [0.4, 0.5) is 0 Å². The smallest absolute Gasteiger partial charge is 0.326 e. The quantitative estimate of drug-likeness (QED) is 0.896. The van der Waals surface area contributed by atoms with Crippen molar-refractivity contribution in [3.8, 4) is 0 Å². The average Bonchev–Trinajstić information content (AvgIpc) is 2.27. The van der Waals surface area contributed by atoms with Crippen LogP contribution in [0.5, 0.6) is 0 Å². The van der Waals surface area contributed by atoms with Gasteiger partial charge in [0.2, 0.25) is 0 Å². The molecule has 19 heavy (non-hydrogen) atoms. The number of aryl methyl sites for hydroxylation is 1. The predicted molar refractivity (Wildman–Crippen MR) is 74.5 cm³/mol. The van der Waals surface area contributed by atoms with Gasteiger partial charge >= 0.3 is 5.97 Å². The number of carbonyl (C=O) groups excluding carboxylic acids is 1. The Morgan fingerprint density at radius 1 is 1.32 bits per heavy atom. The summed E-state index contributed by atoms with van der Waals surface area (Å²) in [6.07, 6.45) is 0. The Balaban J connectivity index is 2.94. The van der Waals surface area contributed by atoms with Gasteiger partial charge < -0.3 is 10.4 Å². The van der Waals surface area contributed by atoms with Crippen LogP contribution in [0.2, 0.25) is 5.02 Å². The Bertz CT molecular complexity index is 506. The number of rotatable bonds is 3. The molecular weight excluding hydrogens is 266 g/mol. The molecule has 1 aromatic rings. The number of amides is 1. The van der Waals surface area contributed by atoms with E-state index in [2.05, 4.69) is 5.32 Å². The van der Waals surface area contributed by atoms with Gasteiger partial charge in [0.05, 0.1) is 0 Å². The predicted octanol–water partition coefficient (Wildman–Crippen LogP) is 2.88. The second-order valence-corrected chi connectivity index (χ2v) is 5.98. The van der Waals surface area contributed by atoms with Crippen LogP contribution in [0.3, 0.4) is 0 Å². The highest BCUT2D eigenvalue weighted by atomic mass is 35.5. The number of hydrogen-bond donors (Lipinski definition) is 2. The van der Waals surface area contributed by atoms with Crippen LogP contribution >= 0.6 is 11.6 Å². The molecule has 0 bridgehead atoms. The largest absolute Gasteiger partial charge is 0.480 e. The summed E-state index contributed by atoms with van der Waals surface area (Å²) in [5.74, 6) is -1.50. The maximum absolute atomic E-state index is 12.0. The molecule has 0 saturated heterocycles. The minimum atomic E-state index is -1.06. The van der Waals surface area contributed by atoms with Gasteiger partial charge in [-0.15, -0.1) is 0 Å². The molecular formula is C14H18ClNO3. The average molecular weight is 284 g/mol. The third kappa shape index (κ3) is 3.96. The standard InChI is InChI=1S/C14H18ClNO3/c1-8-5-6-9(7-10(8)15)12(17)16-11(13(18)19)14(2,3)4/h5-7,11H,1-4H3,(H,16,17)(H,18,19)/t11-/m1/s1. The summed E-state index contributed by atoms with van der Waals surface area (Å²) in [4.78, 5) is 23.2. The Labute approximate surface area is 117 Å². The number of carboxylic acid groups (broad SMARTS) is 1. The fourth-order valence-corrected chi connectivity index (χ4v) is 1.78. The third-order valence-corrected chi connectivity index (χ3v) is 3.23. The first kappa shape index (κ1) is 15.5. The first-order valence-electron chi connectivity index (χ1n) is 5.92. The molecule has 0 unspecified atom stereocenters. The van der Waals surface area contributed by atoms with Crippen LogP contribution < -0.4 is 5.32 Å². The molecule has 1 rings (SSSR count). The first-order valence-corrected chi connectivity index (χ1v) is 6.30. The highest BCUT2D eigenvalue weighted by Gasteiger charge is 2.32. The fourth-order valence-electron chi connectivity index (χ4n) is 1.60. The highest BCUT2D eigenvalue weighted by molar-refractivity contribution is 6.31. The Hall–Kier alpha value is -1.55. The molecule has 5 heteroatoms. The first-order chi connectivity index (χ1) is 8.62. The lowest BCUT2D eigenvalue weighted by molar-refractivity contribution is -0.142. The van der Waals surface area contributed by atoms with Crippen molar-refractivity contribution >= 4 is 23.5 Å². The van der Waals surface area contributed by atoms with E-state index in [-0.39, 0.29) is 0 Å². The second-order valence-electron chi connectivity index (χ2n) is 5.57. The summed E-state index contributed by atoms with van der Waals surface area (Å²) in [7, 11) is 0. The van der Waals surface area contributed by atoms with E-state index in [1.807, 2.05) is 6.92 Å². The van der Waals surface area contributed by atoms with E-state index < -0.39 is 23.3 Å². The monoisotopic (exact) mass is 283 g/mol. The molecule has 104 valence electrons. The lowest BCUT2D eigenvalue weighted by Gasteiger charge is -2.27. The van der Waals surface area contributed by atoms with Gasteiger partial charge in [-0.2, -0.15) is 0 Å². The Morgan fingerprint density at radius 3 is 2.32 bits per heavy atom. The Morgan fingerprint density at radius 2 is 1.89 bits per heavy atom. The normalized spacial score (nSPS) is 12.9. The SMILES string of the molecule is Cc1ccc(C(=O)N[C@H](C(=O)O)C(C)(C)C)cc1Cl. The van der Waals surface area contributed by atoms with Gasteiger partial charge in [-0.1, -0.05) is 38.4 Å². The summed E-state index contributed by atoms with van der Waals surface area (Å²) < 4.78 is 0. The molecule has 0 saturated carbocycles. The summed E-state index contributed by atoms with van der Waals surface area (Å²) in [5.41, 5.74) is 0.644. The van der Waals surface area contributed by atoms with Crippen molar-refractivity contribution in [2.75, 3.05) is 0 Å². The number of hydrogen-bond acceptors (Lipinski definition) is 2. The van der Waals surface area contributed by atoms with Crippen LogP contribution in [0.1, 0.15) is 36.7 Å². The topological polar surface area (TPSA) is 66.4 Å². The van der Waals surface area contributed by atoms with E-state index in [1.54, 1.807) is 32.9 Å². The number of nitrogens with one attached hydrogen (secondary N) is 1. The second kappa shape index (κ2) is 5.61. The van der Waals surface area contributed by atoms with Crippen molar-refractivity contribution in [3.05, 3.63) is 34.3 Å². The minimum absolute atomic E-state index is 0.353. The molecule has 1 amide bonds. The summed E-state index contributed by atoms with van der Waals surface area (Å²) in [5, 5.41) is 12.2. The van der Waals surface area contributed by atoms with E-state index in [9.17, 15) is 9.59 Å². The zero-order chi connectivity index (χ0) is 14.8. The van der Waals surface area contributed by atoms with E-state index in [1.165, 1.54) is 6.07 Å². The van der Waals surface area contributed by atoms with Crippen LogP contribution in [0, 0.1) is 12.3 Å². The number of aliphatic carboxylic acids is 1. The zero-order valence-electron chi connectivity index (χ0n) is 11.5. The molecule has 1 aromatic carbocycles. The van der Waals surface area contributed by atoms with Crippen molar-refractivity contribution in [3.63, 3.8) is 0 Å². The van der Waals surface area contributed by atoms with E-state index in [0.717, 1.165) is 5.56 Å². The molecule has 4 nitrogen and oxygen atoms in total. The van der Waals surface area contributed by atoms with Crippen LogP contribution in [-0.2, 0) is 4.79 Å². The van der Waals surface area contributed by atoms with Gasteiger partial charge in [0, 0.05) is 10.6 Å². The van der Waals surface area contributed by atoms with Crippen molar-refractivity contribution in [2.45, 2.75) is 33.7 Å². The molecule has 0 fully saturated rings. The van der Waals surface area contributed by atoms with Crippen molar-refractivity contribution in [2.24, 2.45) is 5.41 Å². The van der Waals surface area contributed by atoms with Gasteiger partial charge in [0.25, 0.3) is 5.91 Å². The number of benzene rings is 1. The van der Waals surface area contributed by atoms with Crippen LogP contribution in [-0.4, -0.2) is 23.0 Å². The highest BCUT2D eigenvalue weighted by Crippen LogP contribution is 2.21. The molecule has 0 radical (unpaired) electrons. The lowest BCUT2D eigenvalue weighted by Crippen LogP contribution is -2.49. The fraction of sp³-hybridized carbons (Fsp3) is 0.429. The maximum Gasteiger partial charge on any atom is 0.326 e. The zero-order valence-corrected chi connectivity index (χ0v) is 12.2. The van der Waals surface area contributed by atoms with Crippen LogP contribution in [0.15, 0.2) is 18.2 Å². The van der Waals surface area contributed by atoms with E-state index in [0.29, 0.717) is 10.6 Å². The molecule has 0 aliphatic heterocycles. The Kier molecular flexibility index (Phi) is 4.58. The molecule has 1 atom stereocenters. The maximum atomic E-state index is 12.0. The number of carbonyl (C=O) groups is 2. The summed E-state index contributed by atoms with van der Waals surface area (Å²) in [6.45, 7) is 7.11. The van der Waals surface area contributed by atoms with E-state index in [4.69, 9.17) is 16.7 Å². The van der Waals surface area contributed by atoms with E-state index >= 15 is 0 Å². The molecule has 2 N–H and O–H groups in total. The van der Waals surface area contributed by atoms with Gasteiger partial charge in [0.15, 0.2) is 0 Å². The number of halogens is 1. The van der Waals surface area contributed by atoms with Gasteiger partial charge in [0.1, 0.15) is 6.04 Å². The molecule has 0 heterocycles. The van der Waals surface area contributed by atoms with Gasteiger partial charge in [-0.3, -0.25) is 4.79 Å². The molecule has 0 aromatic heterocycles. The minimum Gasteiger partial charge on any atom is -0.480 e. The summed E-state index contributed by atoms with van der Waals surface area (Å²) in [6, 6.07) is 3.93. The summed E-state index contributed by atoms with van der Waals surface area (Å²) >= 11 is 5.95. The molecule has 0 aliphatic rings. The number of carboxylic acids is 1. The molecule has 0 spiro atoms. The third-order valence-electron chi connectivity index (χ3n) is 2.82.